The normalized spacial score (nSPS) is 24.1. The minimum atomic E-state index is -0.698. The lowest BCUT2D eigenvalue weighted by Crippen LogP contribution is -2.48. The Hall–Kier alpha value is -1.64. The molecular formula is C23H31Cl2N3O4. The fourth-order valence-corrected chi connectivity index (χ4v) is 4.37. The summed E-state index contributed by atoms with van der Waals surface area (Å²) in [6, 6.07) is 5.13. The van der Waals surface area contributed by atoms with Gasteiger partial charge in [-0.3, -0.25) is 14.5 Å². The molecule has 3 rings (SSSR count). The first-order chi connectivity index (χ1) is 15.2. The van der Waals surface area contributed by atoms with Crippen molar-refractivity contribution >= 4 is 41.1 Å². The van der Waals surface area contributed by atoms with Crippen LogP contribution in [-0.2, 0) is 9.59 Å². The SMILES string of the molecule is C[C@@H]1CCN(CC(O)CN2CCN(C(=O)/C=C/c3ccc(Cl)c(Cl)c3)CCC2=O)C[C@H]1O. The highest BCUT2D eigenvalue weighted by atomic mass is 35.5. The van der Waals surface area contributed by atoms with Gasteiger partial charge in [0.25, 0.3) is 0 Å². The number of carbonyl (C=O) groups excluding carboxylic acids is 2. The highest BCUT2D eigenvalue weighted by Gasteiger charge is 2.28. The van der Waals surface area contributed by atoms with Gasteiger partial charge in [0.15, 0.2) is 0 Å². The molecule has 0 spiro atoms. The van der Waals surface area contributed by atoms with E-state index in [1.165, 1.54) is 6.08 Å². The van der Waals surface area contributed by atoms with Crippen molar-refractivity contribution in [1.82, 2.24) is 14.7 Å². The maximum absolute atomic E-state index is 12.6. The van der Waals surface area contributed by atoms with Gasteiger partial charge in [0, 0.05) is 51.8 Å². The first-order valence-electron chi connectivity index (χ1n) is 11.0. The summed E-state index contributed by atoms with van der Waals surface area (Å²) in [4.78, 5) is 30.4. The molecule has 0 aromatic heterocycles. The number of hydrogen-bond donors (Lipinski definition) is 2. The Morgan fingerprint density at radius 3 is 2.69 bits per heavy atom. The number of halogens is 2. The molecule has 1 aromatic carbocycles. The van der Waals surface area contributed by atoms with Crippen LogP contribution in [0.2, 0.25) is 10.0 Å². The second-order valence-corrected chi connectivity index (χ2v) is 9.48. The van der Waals surface area contributed by atoms with Gasteiger partial charge in [0.2, 0.25) is 11.8 Å². The van der Waals surface area contributed by atoms with E-state index in [0.29, 0.717) is 42.8 Å². The van der Waals surface area contributed by atoms with Crippen LogP contribution in [0.25, 0.3) is 6.08 Å². The van der Waals surface area contributed by atoms with E-state index >= 15 is 0 Å². The van der Waals surface area contributed by atoms with Gasteiger partial charge in [-0.15, -0.1) is 0 Å². The fraction of sp³-hybridized carbons (Fsp3) is 0.565. The third-order valence-electron chi connectivity index (χ3n) is 6.16. The largest absolute Gasteiger partial charge is 0.392 e. The third kappa shape index (κ3) is 6.93. The zero-order valence-electron chi connectivity index (χ0n) is 18.3. The van der Waals surface area contributed by atoms with Crippen LogP contribution < -0.4 is 0 Å². The summed E-state index contributed by atoms with van der Waals surface area (Å²) in [5.41, 5.74) is 0.764. The first-order valence-corrected chi connectivity index (χ1v) is 11.8. The maximum atomic E-state index is 12.6. The van der Waals surface area contributed by atoms with E-state index in [0.717, 1.165) is 18.5 Å². The van der Waals surface area contributed by atoms with Crippen LogP contribution in [0.3, 0.4) is 0 Å². The minimum absolute atomic E-state index is 0.0693. The molecule has 9 heteroatoms. The Kier molecular flexibility index (Phi) is 8.96. The summed E-state index contributed by atoms with van der Waals surface area (Å²) in [6.07, 6.45) is 3.18. The summed E-state index contributed by atoms with van der Waals surface area (Å²) in [5.74, 6) is 0.0210. The molecule has 0 bridgehead atoms. The Labute approximate surface area is 199 Å². The van der Waals surface area contributed by atoms with Crippen LogP contribution >= 0.6 is 23.2 Å². The molecule has 2 aliphatic rings. The number of aliphatic hydroxyl groups is 2. The van der Waals surface area contributed by atoms with Crippen molar-refractivity contribution in [2.24, 2.45) is 5.92 Å². The van der Waals surface area contributed by atoms with Crippen molar-refractivity contribution in [3.05, 3.63) is 39.9 Å². The second-order valence-electron chi connectivity index (χ2n) is 8.67. The molecule has 3 atom stereocenters. The standard InChI is InChI=1S/C23H31Cl2N3O4/c1-16-6-8-26(15-21(16)30)13-18(29)14-28-11-10-27(9-7-23(28)32)22(31)5-3-17-2-4-19(24)20(25)12-17/h2-5,12,16,18,21,29-30H,6-11,13-15H2,1H3/b5-3+/t16-,18?,21-/m1/s1. The Morgan fingerprint density at radius 1 is 1.19 bits per heavy atom. The zero-order valence-corrected chi connectivity index (χ0v) is 19.8. The number of aliphatic hydroxyl groups excluding tert-OH is 2. The first kappa shape index (κ1) is 25.0. The van der Waals surface area contributed by atoms with Crippen molar-refractivity contribution in [2.75, 3.05) is 45.8 Å². The van der Waals surface area contributed by atoms with Gasteiger partial charge < -0.3 is 20.0 Å². The molecule has 32 heavy (non-hydrogen) atoms. The van der Waals surface area contributed by atoms with Crippen molar-refractivity contribution in [3.8, 4) is 0 Å². The molecule has 0 saturated carbocycles. The molecule has 2 N–H and O–H groups in total. The van der Waals surface area contributed by atoms with Gasteiger partial charge in [-0.1, -0.05) is 36.2 Å². The minimum Gasteiger partial charge on any atom is -0.392 e. The lowest BCUT2D eigenvalue weighted by molar-refractivity contribution is -0.132. The van der Waals surface area contributed by atoms with Gasteiger partial charge in [-0.05, 0) is 42.7 Å². The summed E-state index contributed by atoms with van der Waals surface area (Å²) in [7, 11) is 0. The molecule has 176 valence electrons. The lowest BCUT2D eigenvalue weighted by Gasteiger charge is -2.36. The molecule has 0 aliphatic carbocycles. The van der Waals surface area contributed by atoms with E-state index in [-0.39, 0.29) is 36.8 Å². The summed E-state index contributed by atoms with van der Waals surface area (Å²) < 4.78 is 0. The van der Waals surface area contributed by atoms with E-state index in [4.69, 9.17) is 23.2 Å². The average molecular weight is 484 g/mol. The number of nitrogens with zero attached hydrogens (tertiary/aromatic N) is 3. The van der Waals surface area contributed by atoms with Crippen molar-refractivity contribution in [2.45, 2.75) is 32.0 Å². The molecule has 2 fully saturated rings. The van der Waals surface area contributed by atoms with E-state index in [1.54, 1.807) is 34.1 Å². The maximum Gasteiger partial charge on any atom is 0.246 e. The molecule has 2 aliphatic heterocycles. The predicted molar refractivity (Wildman–Crippen MR) is 126 cm³/mol. The van der Waals surface area contributed by atoms with Gasteiger partial charge in [0.1, 0.15) is 0 Å². The van der Waals surface area contributed by atoms with Crippen LogP contribution in [0.5, 0.6) is 0 Å². The number of likely N-dealkylation sites (tertiary alicyclic amines) is 1. The lowest BCUT2D eigenvalue weighted by atomic mass is 9.96. The van der Waals surface area contributed by atoms with E-state index in [9.17, 15) is 19.8 Å². The topological polar surface area (TPSA) is 84.3 Å². The van der Waals surface area contributed by atoms with E-state index in [2.05, 4.69) is 0 Å². The highest BCUT2D eigenvalue weighted by molar-refractivity contribution is 6.42. The molecule has 7 nitrogen and oxygen atoms in total. The molecule has 0 radical (unpaired) electrons. The van der Waals surface area contributed by atoms with E-state index < -0.39 is 6.10 Å². The molecule has 2 saturated heterocycles. The number of amides is 2. The van der Waals surface area contributed by atoms with Gasteiger partial charge in [0.05, 0.1) is 22.3 Å². The van der Waals surface area contributed by atoms with Crippen molar-refractivity contribution in [3.63, 3.8) is 0 Å². The third-order valence-corrected chi connectivity index (χ3v) is 6.90. The van der Waals surface area contributed by atoms with Crippen molar-refractivity contribution < 1.29 is 19.8 Å². The number of carbonyl (C=O) groups is 2. The van der Waals surface area contributed by atoms with E-state index in [1.807, 2.05) is 11.8 Å². The van der Waals surface area contributed by atoms with Gasteiger partial charge in [-0.25, -0.2) is 0 Å². The zero-order chi connectivity index (χ0) is 23.3. The summed E-state index contributed by atoms with van der Waals surface area (Å²) in [6.45, 7) is 5.17. The van der Waals surface area contributed by atoms with Crippen LogP contribution in [0, 0.1) is 5.92 Å². The predicted octanol–water partition coefficient (Wildman–Crippen LogP) is 2.13. The van der Waals surface area contributed by atoms with Crippen LogP contribution in [0.1, 0.15) is 25.3 Å². The molecule has 1 unspecified atom stereocenters. The smallest absolute Gasteiger partial charge is 0.246 e. The highest BCUT2D eigenvalue weighted by Crippen LogP contribution is 2.23. The molecular weight excluding hydrogens is 453 g/mol. The average Bonchev–Trinajstić information content (AvgIpc) is 2.93. The number of β-amino-alcohol motifs (C(OH)–C–C–N with tert-alkyl or cyclic N) is 2. The number of rotatable bonds is 6. The summed E-state index contributed by atoms with van der Waals surface area (Å²) in [5, 5.41) is 21.4. The Morgan fingerprint density at radius 2 is 1.97 bits per heavy atom. The van der Waals surface area contributed by atoms with Crippen LogP contribution in [-0.4, -0.2) is 94.7 Å². The second kappa shape index (κ2) is 11.5. The molecule has 1 aromatic rings. The fourth-order valence-electron chi connectivity index (χ4n) is 4.06. The monoisotopic (exact) mass is 483 g/mol. The van der Waals surface area contributed by atoms with Gasteiger partial charge >= 0.3 is 0 Å². The molecule has 2 amide bonds. The van der Waals surface area contributed by atoms with Crippen molar-refractivity contribution in [1.29, 1.82) is 0 Å². The van der Waals surface area contributed by atoms with Gasteiger partial charge in [-0.2, -0.15) is 0 Å². The Balaban J connectivity index is 1.50. The number of benzene rings is 1. The Bertz CT molecular complexity index is 851. The summed E-state index contributed by atoms with van der Waals surface area (Å²) >= 11 is 11.9. The number of hydrogen-bond acceptors (Lipinski definition) is 5. The number of piperidine rings is 1. The molecule has 2 heterocycles. The quantitative estimate of drug-likeness (QED) is 0.605. The van der Waals surface area contributed by atoms with Crippen LogP contribution in [0.4, 0.5) is 0 Å². The van der Waals surface area contributed by atoms with Crippen LogP contribution in [0.15, 0.2) is 24.3 Å².